The van der Waals surface area contributed by atoms with Gasteiger partial charge in [-0.1, -0.05) is 0 Å². The second-order valence-electron chi connectivity index (χ2n) is 1.82. The van der Waals surface area contributed by atoms with Crippen LogP contribution in [-0.2, 0) is 70.7 Å². The van der Waals surface area contributed by atoms with Crippen LogP contribution in [0.2, 0.25) is 0 Å². The Labute approximate surface area is 146 Å². The number of carboxylic acid groups (broad SMARTS) is 1. The summed E-state index contributed by atoms with van der Waals surface area (Å²) in [5, 5.41) is 7.60. The standard InChI is InChI=1S/C2H5NO2.2Cr.3H2O4S/c3-1-2(4)5;;;3*1-5(2,3)4/h1,3H2,(H,4,5);;;3*(H2,1,2,3,4)/q;2*+3;;;/p-6. The quantitative estimate of drug-likeness (QED) is 0.269. The Hall–Kier alpha value is 0.105. The molecule has 0 aliphatic rings. The summed E-state index contributed by atoms with van der Waals surface area (Å²) in [6.07, 6.45) is 0. The van der Waals surface area contributed by atoms with Gasteiger partial charge in [-0.15, -0.1) is 0 Å². The monoisotopic (exact) mass is 467 g/mol. The van der Waals surface area contributed by atoms with Crippen molar-refractivity contribution in [2.24, 2.45) is 5.73 Å². The van der Waals surface area contributed by atoms with Crippen LogP contribution < -0.4 is 5.73 Å². The van der Waals surface area contributed by atoms with Crippen LogP contribution in [0.4, 0.5) is 0 Å². The molecule has 0 unspecified atom stereocenters. The van der Waals surface area contributed by atoms with Gasteiger partial charge >= 0.3 is 40.7 Å². The first kappa shape index (κ1) is 38.0. The molecule has 0 amide bonds. The third-order valence-electron chi connectivity index (χ3n) is 0.175. The van der Waals surface area contributed by atoms with Gasteiger partial charge in [-0.25, -0.2) is 0 Å². The third-order valence-corrected chi connectivity index (χ3v) is 0.175. The number of hydrogen-bond acceptors (Lipinski definition) is 14. The van der Waals surface area contributed by atoms with Gasteiger partial charge in [0.25, 0.3) is 0 Å². The van der Waals surface area contributed by atoms with E-state index < -0.39 is 37.2 Å². The van der Waals surface area contributed by atoms with Crippen molar-refractivity contribution in [3.8, 4) is 0 Å². The zero-order valence-electron chi connectivity index (χ0n) is 9.58. The molecule has 0 aromatic carbocycles. The largest absolute Gasteiger partial charge is 3.00 e. The molecule has 0 saturated heterocycles. The molecule has 0 aromatic rings. The van der Waals surface area contributed by atoms with Crippen LogP contribution in [0.1, 0.15) is 0 Å². The van der Waals surface area contributed by atoms with E-state index in [1.807, 2.05) is 0 Å². The van der Waals surface area contributed by atoms with Crippen molar-refractivity contribution >= 4 is 37.2 Å². The average molecular weight is 467 g/mol. The molecule has 0 aliphatic carbocycles. The van der Waals surface area contributed by atoms with Crippen LogP contribution in [-0.4, -0.2) is 70.2 Å². The van der Waals surface area contributed by atoms with E-state index in [4.69, 9.17) is 57.7 Å². The molecule has 2 radical (unpaired) electrons. The van der Waals surface area contributed by atoms with Gasteiger partial charge in [0.2, 0.25) is 0 Å². The van der Waals surface area contributed by atoms with Gasteiger partial charge in [0.1, 0.15) is 0 Å². The van der Waals surface area contributed by atoms with E-state index in [9.17, 15) is 4.79 Å². The van der Waals surface area contributed by atoms with E-state index >= 15 is 0 Å². The smallest absolute Gasteiger partial charge is 0.759 e. The van der Waals surface area contributed by atoms with E-state index in [1.165, 1.54) is 0 Å². The van der Waals surface area contributed by atoms with Crippen molar-refractivity contribution < 1.29 is 97.2 Å². The Morgan fingerprint density at radius 3 is 0.773 bits per heavy atom. The molecule has 0 aliphatic heterocycles. The number of rotatable bonds is 1. The van der Waals surface area contributed by atoms with Crippen molar-refractivity contribution in [3.05, 3.63) is 0 Å². The second kappa shape index (κ2) is 17.5. The maximum Gasteiger partial charge on any atom is 3.00 e. The Morgan fingerprint density at radius 1 is 0.727 bits per heavy atom. The van der Waals surface area contributed by atoms with Crippen LogP contribution in [0.15, 0.2) is 0 Å². The summed E-state index contributed by atoms with van der Waals surface area (Å²) in [5.74, 6) is -0.968. The zero-order valence-corrected chi connectivity index (χ0v) is 14.6. The minimum absolute atomic E-state index is 0. The summed E-state index contributed by atoms with van der Waals surface area (Å²) in [6, 6.07) is 0. The molecule has 22 heavy (non-hydrogen) atoms. The van der Waals surface area contributed by atoms with Gasteiger partial charge in [-0.05, 0) is 0 Å². The topological polar surface area (TPSA) is 304 Å². The summed E-state index contributed by atoms with van der Waals surface area (Å²) < 4.78 is 102. The Balaban J connectivity index is -0.0000000376. The fourth-order valence-electron chi connectivity index (χ4n) is 0. The minimum Gasteiger partial charge on any atom is -0.759 e. The van der Waals surface area contributed by atoms with Crippen molar-refractivity contribution in [3.63, 3.8) is 0 Å². The van der Waals surface area contributed by atoms with E-state index in [0.29, 0.717) is 0 Å². The summed E-state index contributed by atoms with van der Waals surface area (Å²) in [5.41, 5.74) is 4.57. The number of hydrogen-bond donors (Lipinski definition) is 2. The van der Waals surface area contributed by atoms with Gasteiger partial charge in [-0.2, -0.15) is 0 Å². The second-order valence-corrected chi connectivity index (χ2v) is 4.27. The number of carboxylic acids is 1. The van der Waals surface area contributed by atoms with E-state index in [2.05, 4.69) is 5.73 Å². The maximum atomic E-state index is 9.24. The van der Waals surface area contributed by atoms with Crippen molar-refractivity contribution in [2.75, 3.05) is 6.54 Å². The summed E-state index contributed by atoms with van der Waals surface area (Å²) >= 11 is 0. The summed E-state index contributed by atoms with van der Waals surface area (Å²) in [7, 11) is -15.5. The Bertz CT molecular complexity index is 452. The SMILES string of the molecule is NCC(=O)O.O=S(=O)([O-])[O-].O=S(=O)([O-])[O-].O=S(=O)([O-])[O-].[Cr+3].[Cr+3]. The van der Waals surface area contributed by atoms with Gasteiger partial charge < -0.3 is 38.2 Å². The first-order valence-electron chi connectivity index (χ1n) is 3.19. The molecule has 0 spiro atoms. The van der Waals surface area contributed by atoms with Gasteiger partial charge in [-0.3, -0.25) is 30.0 Å². The molecule has 0 atom stereocenters. The zero-order chi connectivity index (χ0) is 17.8. The molecule has 15 nitrogen and oxygen atoms in total. The van der Waals surface area contributed by atoms with Crippen LogP contribution in [0, 0.1) is 0 Å². The summed E-state index contributed by atoms with van der Waals surface area (Å²) in [6.45, 7) is -0.278. The van der Waals surface area contributed by atoms with Crippen molar-refractivity contribution in [1.82, 2.24) is 0 Å². The number of nitrogens with two attached hydrogens (primary N) is 1. The van der Waals surface area contributed by atoms with E-state index in [-0.39, 0.29) is 41.3 Å². The molecule has 0 saturated carbocycles. The van der Waals surface area contributed by atoms with Gasteiger partial charge in [0, 0.05) is 31.2 Å². The molecule has 0 bridgehead atoms. The molecule has 3 N–H and O–H groups in total. The minimum atomic E-state index is -5.17. The fraction of sp³-hybridized carbons (Fsp3) is 0.500. The van der Waals surface area contributed by atoms with Crippen molar-refractivity contribution in [2.45, 2.75) is 0 Å². The predicted molar refractivity (Wildman–Crippen MR) is 48.1 cm³/mol. The molecule has 132 valence electrons. The molecular weight excluding hydrogens is 462 g/mol. The summed E-state index contributed by atoms with van der Waals surface area (Å²) in [4.78, 5) is 9.24. The van der Waals surface area contributed by atoms with Crippen LogP contribution in [0.25, 0.3) is 0 Å². The predicted octanol–water partition coefficient (Wildman–Crippen LogP) is -4.99. The fourth-order valence-corrected chi connectivity index (χ4v) is 0. The van der Waals surface area contributed by atoms with Crippen LogP contribution in [0.3, 0.4) is 0 Å². The van der Waals surface area contributed by atoms with Gasteiger partial charge in [0.15, 0.2) is 0 Å². The average Bonchev–Trinajstić information content (AvgIpc) is 1.93. The Morgan fingerprint density at radius 2 is 0.773 bits per heavy atom. The third kappa shape index (κ3) is 1660. The Kier molecular flexibility index (Phi) is 30.1. The normalized spacial score (nSPS) is 9.59. The molecular formula is C2H5Cr2NO14S3. The number of aliphatic carboxylic acids is 1. The van der Waals surface area contributed by atoms with Crippen LogP contribution in [0.5, 0.6) is 0 Å². The van der Waals surface area contributed by atoms with E-state index in [1.54, 1.807) is 0 Å². The molecule has 0 aromatic heterocycles. The first-order chi connectivity index (χ1) is 8.27. The maximum absolute atomic E-state index is 9.24. The first-order valence-corrected chi connectivity index (χ1v) is 7.19. The van der Waals surface area contributed by atoms with E-state index in [0.717, 1.165) is 0 Å². The number of carbonyl (C=O) groups is 1. The van der Waals surface area contributed by atoms with Crippen molar-refractivity contribution in [1.29, 1.82) is 0 Å². The molecule has 0 rings (SSSR count). The molecule has 0 fully saturated rings. The molecule has 0 heterocycles. The van der Waals surface area contributed by atoms with Crippen LogP contribution >= 0.6 is 0 Å². The molecule has 20 heteroatoms. The van der Waals surface area contributed by atoms with Gasteiger partial charge in [0.05, 0.1) is 6.54 Å².